The molecule has 2 aromatic carbocycles. The van der Waals surface area contributed by atoms with Gasteiger partial charge in [0, 0.05) is 38.9 Å². The zero-order chi connectivity index (χ0) is 29.5. The largest absolute Gasteiger partial charge is 0.493 e. The topological polar surface area (TPSA) is 147 Å². The van der Waals surface area contributed by atoms with Crippen molar-refractivity contribution in [2.75, 3.05) is 19.7 Å². The Balaban J connectivity index is 1.27. The van der Waals surface area contributed by atoms with Crippen molar-refractivity contribution < 1.29 is 19.1 Å². The van der Waals surface area contributed by atoms with E-state index in [1.165, 1.54) is 0 Å². The second-order valence-electron chi connectivity index (χ2n) is 10.5. The van der Waals surface area contributed by atoms with Gasteiger partial charge in [-0.3, -0.25) is 19.1 Å². The molecule has 12 nitrogen and oxygen atoms in total. The Kier molecular flexibility index (Phi) is 9.10. The van der Waals surface area contributed by atoms with Crippen LogP contribution in [-0.2, 0) is 29.1 Å². The van der Waals surface area contributed by atoms with Gasteiger partial charge in [-0.25, -0.2) is 4.98 Å². The van der Waals surface area contributed by atoms with Crippen molar-refractivity contribution in [2.45, 2.75) is 58.7 Å². The van der Waals surface area contributed by atoms with E-state index >= 15 is 0 Å². The second kappa shape index (κ2) is 13.3. The first kappa shape index (κ1) is 28.8. The van der Waals surface area contributed by atoms with E-state index in [1.807, 2.05) is 49.5 Å². The fraction of sp³-hybridized carbons (Fsp3) is 0.400. The number of imidazole rings is 1. The Labute approximate surface area is 243 Å². The maximum atomic E-state index is 13.3. The van der Waals surface area contributed by atoms with Gasteiger partial charge in [0.2, 0.25) is 11.8 Å². The van der Waals surface area contributed by atoms with Crippen molar-refractivity contribution in [1.82, 2.24) is 40.5 Å². The van der Waals surface area contributed by atoms with Crippen LogP contribution in [0.5, 0.6) is 5.75 Å². The molecule has 0 radical (unpaired) electrons. The number of benzene rings is 2. The molecule has 0 spiro atoms. The van der Waals surface area contributed by atoms with Gasteiger partial charge in [-0.05, 0) is 50.1 Å². The van der Waals surface area contributed by atoms with Gasteiger partial charge in [-0.2, -0.15) is 0 Å². The third-order valence-electron chi connectivity index (χ3n) is 7.12. The number of aromatic amines is 1. The lowest BCUT2D eigenvalue weighted by Crippen LogP contribution is -2.45. The number of rotatable bonds is 3. The Morgan fingerprint density at radius 3 is 2.83 bits per heavy atom. The molecule has 2 bridgehead atoms. The molecule has 0 aliphatic carbocycles. The van der Waals surface area contributed by atoms with Crippen molar-refractivity contribution in [3.63, 3.8) is 0 Å². The number of hydrogen-bond donors (Lipinski definition) is 3. The van der Waals surface area contributed by atoms with Crippen LogP contribution in [0, 0.1) is 6.92 Å². The minimum absolute atomic E-state index is 0.0377. The van der Waals surface area contributed by atoms with E-state index in [2.05, 4.69) is 30.9 Å². The molecule has 4 aromatic rings. The summed E-state index contributed by atoms with van der Waals surface area (Å²) in [7, 11) is 0. The van der Waals surface area contributed by atoms with E-state index in [1.54, 1.807) is 22.6 Å². The summed E-state index contributed by atoms with van der Waals surface area (Å²) < 4.78 is 7.69. The summed E-state index contributed by atoms with van der Waals surface area (Å²) in [5.74, 6) is 0.503. The number of hydrogen-bond acceptors (Lipinski definition) is 7. The maximum Gasteiger partial charge on any atom is 0.255 e. The van der Waals surface area contributed by atoms with E-state index in [0.29, 0.717) is 69.1 Å². The molecule has 2 aromatic heterocycles. The molecule has 3 heterocycles. The molecule has 0 saturated heterocycles. The smallest absolute Gasteiger partial charge is 0.255 e. The first-order valence-electron chi connectivity index (χ1n) is 14.3. The minimum atomic E-state index is -0.746. The van der Waals surface area contributed by atoms with Gasteiger partial charge in [-0.1, -0.05) is 23.4 Å². The molecule has 3 N–H and O–H groups in total. The highest BCUT2D eigenvalue weighted by molar-refractivity contribution is 5.99. The molecule has 0 fully saturated rings. The predicted molar refractivity (Wildman–Crippen MR) is 156 cm³/mol. The van der Waals surface area contributed by atoms with Gasteiger partial charge in [0.05, 0.1) is 35.9 Å². The Morgan fingerprint density at radius 1 is 1.12 bits per heavy atom. The molecule has 0 saturated carbocycles. The number of ether oxygens (including phenoxy) is 1. The summed E-state index contributed by atoms with van der Waals surface area (Å²) in [5, 5.41) is 14.1. The lowest BCUT2D eigenvalue weighted by Gasteiger charge is -2.22. The molecule has 42 heavy (non-hydrogen) atoms. The monoisotopic (exact) mass is 572 g/mol. The number of aromatic nitrogens is 5. The van der Waals surface area contributed by atoms with E-state index in [0.717, 1.165) is 22.4 Å². The summed E-state index contributed by atoms with van der Waals surface area (Å²) in [6.45, 7) is 5.57. The number of carbonyl (C=O) groups is 3. The van der Waals surface area contributed by atoms with E-state index in [4.69, 9.17) is 4.74 Å². The zero-order valence-electron chi connectivity index (χ0n) is 23.9. The first-order chi connectivity index (χ1) is 20.4. The van der Waals surface area contributed by atoms with Crippen molar-refractivity contribution in [3.05, 3.63) is 71.3 Å². The highest BCUT2D eigenvalue weighted by atomic mass is 16.5. The van der Waals surface area contributed by atoms with Crippen LogP contribution in [-0.4, -0.2) is 73.3 Å². The van der Waals surface area contributed by atoms with E-state index < -0.39 is 6.04 Å². The Morgan fingerprint density at radius 2 is 1.98 bits per heavy atom. The fourth-order valence-corrected chi connectivity index (χ4v) is 4.84. The van der Waals surface area contributed by atoms with E-state index in [-0.39, 0.29) is 24.1 Å². The molecule has 5 rings (SSSR count). The highest BCUT2D eigenvalue weighted by Gasteiger charge is 2.21. The molecule has 0 unspecified atom stereocenters. The van der Waals surface area contributed by atoms with Gasteiger partial charge in [-0.15, -0.1) is 5.10 Å². The molecule has 1 atom stereocenters. The Hall–Kier alpha value is -4.74. The molecular formula is C30H36N8O4. The van der Waals surface area contributed by atoms with Gasteiger partial charge >= 0.3 is 0 Å². The number of aryl methyl sites for hydroxylation is 3. The molecule has 1 aliphatic rings. The number of amides is 3. The fourth-order valence-electron chi connectivity index (χ4n) is 4.84. The lowest BCUT2D eigenvalue weighted by molar-refractivity contribution is -0.131. The number of nitrogens with zero attached hydrogens (tertiary/aromatic N) is 5. The lowest BCUT2D eigenvalue weighted by atomic mass is 10.1. The summed E-state index contributed by atoms with van der Waals surface area (Å²) in [4.78, 5) is 48.6. The van der Waals surface area contributed by atoms with Gasteiger partial charge < -0.3 is 25.3 Å². The van der Waals surface area contributed by atoms with Crippen LogP contribution in [0.25, 0.3) is 11.0 Å². The summed E-state index contributed by atoms with van der Waals surface area (Å²) in [5.41, 5.74) is 3.82. The molecule has 12 heteroatoms. The maximum absolute atomic E-state index is 13.3. The average Bonchev–Trinajstić information content (AvgIpc) is 3.61. The molecule has 1 aliphatic heterocycles. The summed E-state index contributed by atoms with van der Waals surface area (Å²) in [6, 6.07) is 12.4. The summed E-state index contributed by atoms with van der Waals surface area (Å²) >= 11 is 0. The van der Waals surface area contributed by atoms with Crippen LogP contribution in [0.4, 0.5) is 0 Å². The number of para-hydroxylation sites is 2. The van der Waals surface area contributed by atoms with Crippen molar-refractivity contribution in [1.29, 1.82) is 0 Å². The van der Waals surface area contributed by atoms with Crippen LogP contribution in [0.1, 0.15) is 53.6 Å². The van der Waals surface area contributed by atoms with Crippen LogP contribution in [0.3, 0.4) is 0 Å². The molecule has 3 amide bonds. The molecule has 220 valence electrons. The minimum Gasteiger partial charge on any atom is -0.493 e. The van der Waals surface area contributed by atoms with Crippen LogP contribution in [0.2, 0.25) is 0 Å². The standard InChI is InChI=1S/C30H36N8O4/c1-20-9-10-23-26(17-20)42-16-6-15-38-19-22(35-36-38)18-37(14-5-13-31-29(40)21(2)32-30(23)41)28(39)12-11-27-33-24-7-3-4-8-25(24)34-27/h3-4,7-10,17,19,21H,5-6,11-16,18H2,1-2H3,(H,31,40)(H,32,41)(H,33,34)/t21-/m1/s1. The predicted octanol–water partition coefficient (Wildman–Crippen LogP) is 2.53. The van der Waals surface area contributed by atoms with Crippen LogP contribution >= 0.6 is 0 Å². The normalized spacial score (nSPS) is 17.3. The third-order valence-corrected chi connectivity index (χ3v) is 7.12. The third kappa shape index (κ3) is 7.31. The quantitative estimate of drug-likeness (QED) is 0.342. The number of fused-ring (bicyclic) bond motifs is 4. The number of H-pyrrole nitrogens is 1. The highest BCUT2D eigenvalue weighted by Crippen LogP contribution is 2.21. The van der Waals surface area contributed by atoms with E-state index in [9.17, 15) is 14.4 Å². The van der Waals surface area contributed by atoms with Gasteiger partial charge in [0.25, 0.3) is 5.91 Å². The first-order valence-corrected chi connectivity index (χ1v) is 14.3. The zero-order valence-corrected chi connectivity index (χ0v) is 23.9. The van der Waals surface area contributed by atoms with Crippen molar-refractivity contribution in [2.24, 2.45) is 0 Å². The van der Waals surface area contributed by atoms with Crippen molar-refractivity contribution >= 4 is 28.8 Å². The van der Waals surface area contributed by atoms with Crippen LogP contribution < -0.4 is 15.4 Å². The van der Waals surface area contributed by atoms with Gasteiger partial charge in [0.15, 0.2) is 0 Å². The number of carbonyl (C=O) groups excluding carboxylic acids is 3. The molecular weight excluding hydrogens is 536 g/mol. The van der Waals surface area contributed by atoms with Crippen LogP contribution in [0.15, 0.2) is 48.7 Å². The van der Waals surface area contributed by atoms with Crippen molar-refractivity contribution in [3.8, 4) is 5.75 Å². The van der Waals surface area contributed by atoms with Gasteiger partial charge in [0.1, 0.15) is 23.3 Å². The SMILES string of the molecule is Cc1ccc2c(c1)OCCCn1cc(nn1)CN(C(=O)CCc1nc3ccccc3[nH]1)CCCNC(=O)[C@@H](C)NC2=O. The average molecular weight is 573 g/mol. The second-order valence-corrected chi connectivity index (χ2v) is 10.5. The summed E-state index contributed by atoms with van der Waals surface area (Å²) in [6.07, 6.45) is 3.76. The Bertz CT molecular complexity index is 1530. The number of nitrogens with one attached hydrogen (secondary N) is 3.